The number of nitrogens with one attached hydrogen (secondary N) is 1. The zero-order valence-corrected chi connectivity index (χ0v) is 15.8. The highest BCUT2D eigenvalue weighted by Crippen LogP contribution is 2.19. The second kappa shape index (κ2) is 8.46. The first-order valence-electron chi connectivity index (χ1n) is 7.89. The van der Waals surface area contributed by atoms with Gasteiger partial charge in [-0.05, 0) is 35.1 Å². The lowest BCUT2D eigenvalue weighted by molar-refractivity contribution is 0.206. The summed E-state index contributed by atoms with van der Waals surface area (Å²) >= 11 is 1.13. The van der Waals surface area contributed by atoms with Crippen molar-refractivity contribution in [1.29, 1.82) is 0 Å². The first kappa shape index (κ1) is 19.4. The molecule has 0 aliphatic carbocycles. The van der Waals surface area contributed by atoms with E-state index >= 15 is 0 Å². The number of aliphatic hydroxyl groups is 1. The number of guanidine groups is 1. The van der Waals surface area contributed by atoms with Crippen LogP contribution in [-0.2, 0) is 9.84 Å². The lowest BCUT2D eigenvalue weighted by Gasteiger charge is -2.11. The van der Waals surface area contributed by atoms with Crippen LogP contribution in [0.3, 0.4) is 0 Å². The van der Waals surface area contributed by atoms with Crippen molar-refractivity contribution >= 4 is 32.8 Å². The molecule has 0 radical (unpaired) electrons. The quantitative estimate of drug-likeness (QED) is 0.505. The van der Waals surface area contributed by atoms with Gasteiger partial charge in [0.25, 0.3) is 0 Å². The minimum Gasteiger partial charge on any atom is -0.390 e. The fraction of sp³-hybridized carbons (Fsp3) is 0.353. The predicted octanol–water partition coefficient (Wildman–Crippen LogP) is 2.43. The molecular formula is C17H23N3O3S2. The maximum Gasteiger partial charge on any atom is 0.193 e. The Bertz CT molecular complexity index is 815. The van der Waals surface area contributed by atoms with Gasteiger partial charge in [-0.2, -0.15) is 0 Å². The molecule has 1 unspecified atom stereocenters. The van der Waals surface area contributed by atoms with Gasteiger partial charge in [0.15, 0.2) is 15.8 Å². The molecule has 0 amide bonds. The van der Waals surface area contributed by atoms with Gasteiger partial charge in [0.1, 0.15) is 4.21 Å². The van der Waals surface area contributed by atoms with Gasteiger partial charge in [0.05, 0.1) is 18.4 Å². The van der Waals surface area contributed by atoms with Crippen LogP contribution in [0.4, 0.5) is 5.69 Å². The largest absolute Gasteiger partial charge is 0.390 e. The summed E-state index contributed by atoms with van der Waals surface area (Å²) in [6, 6.07) is 11.0. The number of thiophene rings is 1. The average molecular weight is 382 g/mol. The van der Waals surface area contributed by atoms with Gasteiger partial charge in [-0.15, -0.1) is 11.3 Å². The van der Waals surface area contributed by atoms with Gasteiger partial charge >= 0.3 is 0 Å². The number of nitrogens with two attached hydrogens (primary N) is 1. The van der Waals surface area contributed by atoms with Crippen molar-refractivity contribution in [1.82, 2.24) is 0 Å². The molecule has 6 nitrogen and oxygen atoms in total. The molecule has 0 saturated heterocycles. The molecule has 2 rings (SSSR count). The zero-order chi connectivity index (χ0) is 18.4. The maximum absolute atomic E-state index is 12.1. The Kier molecular flexibility index (Phi) is 6.57. The van der Waals surface area contributed by atoms with Crippen LogP contribution in [0.1, 0.15) is 25.3 Å². The van der Waals surface area contributed by atoms with Gasteiger partial charge in [0, 0.05) is 5.69 Å². The third-order valence-electron chi connectivity index (χ3n) is 3.51. The van der Waals surface area contributed by atoms with Gasteiger partial charge < -0.3 is 16.2 Å². The monoisotopic (exact) mass is 381 g/mol. The Morgan fingerprint density at radius 2 is 2.08 bits per heavy atom. The maximum atomic E-state index is 12.1. The highest BCUT2D eigenvalue weighted by atomic mass is 32.2. The van der Waals surface area contributed by atoms with Crippen LogP contribution >= 0.6 is 11.3 Å². The van der Waals surface area contributed by atoms with Crippen molar-refractivity contribution in [2.45, 2.75) is 30.1 Å². The molecule has 1 aromatic heterocycles. The summed E-state index contributed by atoms with van der Waals surface area (Å²) in [4.78, 5) is 4.03. The van der Waals surface area contributed by atoms with E-state index in [1.54, 1.807) is 11.4 Å². The van der Waals surface area contributed by atoms with Crippen LogP contribution in [-0.4, -0.2) is 37.9 Å². The molecule has 25 heavy (non-hydrogen) atoms. The normalized spacial score (nSPS) is 13.8. The summed E-state index contributed by atoms with van der Waals surface area (Å²) in [7, 11) is -3.50. The van der Waals surface area contributed by atoms with Crippen molar-refractivity contribution in [3.05, 3.63) is 47.3 Å². The van der Waals surface area contributed by atoms with Gasteiger partial charge in [-0.3, -0.25) is 4.99 Å². The van der Waals surface area contributed by atoms with Crippen LogP contribution in [0.2, 0.25) is 0 Å². The lowest BCUT2D eigenvalue weighted by atomic mass is 10.0. The Morgan fingerprint density at radius 3 is 2.72 bits per heavy atom. The summed E-state index contributed by atoms with van der Waals surface area (Å²) in [6.07, 6.45) is -1.12. The zero-order valence-electron chi connectivity index (χ0n) is 14.2. The van der Waals surface area contributed by atoms with Gasteiger partial charge in [-0.25, -0.2) is 8.42 Å². The first-order valence-corrected chi connectivity index (χ1v) is 10.4. The van der Waals surface area contributed by atoms with Crippen LogP contribution in [0.15, 0.2) is 51.0 Å². The molecule has 0 spiro atoms. The van der Waals surface area contributed by atoms with E-state index in [2.05, 4.69) is 24.2 Å². The summed E-state index contributed by atoms with van der Waals surface area (Å²) in [5.74, 6) is 0.144. The summed E-state index contributed by atoms with van der Waals surface area (Å²) in [5.41, 5.74) is 7.78. The van der Waals surface area contributed by atoms with E-state index in [0.29, 0.717) is 5.92 Å². The first-order chi connectivity index (χ1) is 11.8. The number of aliphatic imine (C=N–C) groups is 1. The highest BCUT2D eigenvalue weighted by Gasteiger charge is 2.20. The van der Waals surface area contributed by atoms with E-state index in [1.807, 2.05) is 24.3 Å². The predicted molar refractivity (Wildman–Crippen MR) is 103 cm³/mol. The molecule has 2 aromatic rings. The Morgan fingerprint density at radius 1 is 1.32 bits per heavy atom. The number of sulfone groups is 1. The van der Waals surface area contributed by atoms with Crippen molar-refractivity contribution in [2.75, 3.05) is 17.6 Å². The smallest absolute Gasteiger partial charge is 0.193 e. The van der Waals surface area contributed by atoms with E-state index in [-0.39, 0.29) is 22.5 Å². The van der Waals surface area contributed by atoms with Crippen molar-refractivity contribution in [3.8, 4) is 0 Å². The van der Waals surface area contributed by atoms with Crippen LogP contribution in [0.25, 0.3) is 0 Å². The number of anilines is 1. The Labute approximate surface area is 152 Å². The second-order valence-corrected chi connectivity index (χ2v) is 9.21. The highest BCUT2D eigenvalue weighted by molar-refractivity contribution is 7.93. The molecule has 0 fully saturated rings. The van der Waals surface area contributed by atoms with E-state index in [1.165, 1.54) is 11.6 Å². The fourth-order valence-corrected chi connectivity index (χ4v) is 4.66. The van der Waals surface area contributed by atoms with E-state index in [9.17, 15) is 13.5 Å². The van der Waals surface area contributed by atoms with Crippen molar-refractivity contribution in [3.63, 3.8) is 0 Å². The molecule has 4 N–H and O–H groups in total. The number of nitrogens with zero attached hydrogens (tertiary/aromatic N) is 1. The Balaban J connectivity index is 1.93. The number of rotatable bonds is 7. The summed E-state index contributed by atoms with van der Waals surface area (Å²) in [5, 5.41) is 14.6. The minimum absolute atomic E-state index is 0.0900. The topological polar surface area (TPSA) is 105 Å². The standard InChI is InChI=1S/C17H23N3O3S2/c1-12(2)13-5-3-6-14(9-13)20-17(18)19-10-15(21)11-25(22,23)16-7-4-8-24-16/h3-9,12,15,21H,10-11H2,1-2H3,(H3,18,19,20). The van der Waals surface area contributed by atoms with Crippen LogP contribution in [0, 0.1) is 0 Å². The Hall–Kier alpha value is -1.90. The molecular weight excluding hydrogens is 358 g/mol. The fourth-order valence-electron chi connectivity index (χ4n) is 2.20. The molecule has 136 valence electrons. The SMILES string of the molecule is CC(C)c1cccc(NC(N)=NCC(O)CS(=O)(=O)c2cccs2)c1. The molecule has 0 aliphatic heterocycles. The second-order valence-electron chi connectivity index (χ2n) is 6.00. The minimum atomic E-state index is -3.50. The summed E-state index contributed by atoms with van der Waals surface area (Å²) in [6.45, 7) is 4.11. The van der Waals surface area contributed by atoms with Crippen LogP contribution in [0.5, 0.6) is 0 Å². The molecule has 1 atom stereocenters. The molecule has 0 bridgehead atoms. The van der Waals surface area contributed by atoms with E-state index in [0.717, 1.165) is 17.0 Å². The third-order valence-corrected chi connectivity index (χ3v) is 6.80. The average Bonchev–Trinajstić information content (AvgIpc) is 3.08. The van der Waals surface area contributed by atoms with Crippen molar-refractivity contribution < 1.29 is 13.5 Å². The molecule has 1 heterocycles. The molecule has 0 saturated carbocycles. The van der Waals surface area contributed by atoms with Crippen LogP contribution < -0.4 is 11.1 Å². The number of benzene rings is 1. The van der Waals surface area contributed by atoms with Gasteiger partial charge in [0.2, 0.25) is 0 Å². The van der Waals surface area contributed by atoms with Gasteiger partial charge in [-0.1, -0.05) is 32.0 Å². The summed E-state index contributed by atoms with van der Waals surface area (Å²) < 4.78 is 24.4. The number of aliphatic hydroxyl groups excluding tert-OH is 1. The molecule has 0 aliphatic rings. The number of hydrogen-bond acceptors (Lipinski definition) is 5. The lowest BCUT2D eigenvalue weighted by Crippen LogP contribution is -2.28. The van der Waals surface area contributed by atoms with E-state index in [4.69, 9.17) is 5.73 Å². The van der Waals surface area contributed by atoms with E-state index < -0.39 is 15.9 Å². The molecule has 1 aromatic carbocycles. The molecule has 8 heteroatoms. The van der Waals surface area contributed by atoms with Crippen molar-refractivity contribution in [2.24, 2.45) is 10.7 Å². The number of hydrogen-bond donors (Lipinski definition) is 3. The third kappa shape index (κ3) is 5.84.